The Balaban J connectivity index is 5.65. The summed E-state index contributed by atoms with van der Waals surface area (Å²) in [5.41, 5.74) is -3.43. The third-order valence-electron chi connectivity index (χ3n) is 2.18. The van der Waals surface area contributed by atoms with Crippen LogP contribution in [0.2, 0.25) is 0 Å². The van der Waals surface area contributed by atoms with E-state index in [0.717, 1.165) is 0 Å². The molecule has 18 heavy (non-hydrogen) atoms. The van der Waals surface area contributed by atoms with Crippen molar-refractivity contribution in [2.45, 2.75) is 37.6 Å². The molecule has 0 rings (SSSR count). The second-order valence-corrected chi connectivity index (χ2v) is 5.70. The minimum Gasteiger partial charge on any atom is -0.281 e. The topological polar surface area (TPSA) is 54.4 Å². The van der Waals surface area contributed by atoms with Crippen LogP contribution < -0.4 is 0 Å². The number of rotatable bonds is 4. The first kappa shape index (κ1) is 17.4. The van der Waals surface area contributed by atoms with Crippen molar-refractivity contribution < 1.29 is 43.7 Å². The van der Waals surface area contributed by atoms with Gasteiger partial charge in [-0.3, -0.25) is 4.55 Å². The van der Waals surface area contributed by atoms with Crippen molar-refractivity contribution in [2.24, 2.45) is 5.41 Å². The van der Waals surface area contributed by atoms with Crippen molar-refractivity contribution in [2.75, 3.05) is 0 Å². The van der Waals surface area contributed by atoms with Gasteiger partial charge in [0.25, 0.3) is 0 Å². The number of hydrogen-bond acceptors (Lipinski definition) is 2. The Bertz CT molecular complexity index is 409. The summed E-state index contributed by atoms with van der Waals surface area (Å²) < 4.78 is 116. The summed E-state index contributed by atoms with van der Waals surface area (Å²) in [6.45, 7) is 0.249. The van der Waals surface area contributed by atoms with E-state index in [1.54, 1.807) is 0 Å². The van der Waals surface area contributed by atoms with E-state index in [2.05, 4.69) is 0 Å². The van der Waals surface area contributed by atoms with E-state index in [1.165, 1.54) is 0 Å². The van der Waals surface area contributed by atoms with Crippen molar-refractivity contribution in [1.29, 1.82) is 0 Å². The molecule has 0 fully saturated rings. The van der Waals surface area contributed by atoms with Gasteiger partial charge in [0.2, 0.25) is 0 Å². The van der Waals surface area contributed by atoms with E-state index in [1.807, 2.05) is 0 Å². The Hall–Kier alpha value is -0.580. The summed E-state index contributed by atoms with van der Waals surface area (Å²) >= 11 is 0. The second-order valence-electron chi connectivity index (χ2n) is 4.24. The maximum absolute atomic E-state index is 13.2. The molecule has 0 aromatic rings. The molecular weight excluding hydrogens is 297 g/mol. The van der Waals surface area contributed by atoms with Crippen LogP contribution in [0.25, 0.3) is 0 Å². The minimum absolute atomic E-state index is 0.125. The first-order valence-corrected chi connectivity index (χ1v) is 5.69. The summed E-state index contributed by atoms with van der Waals surface area (Å²) in [6.07, 6.45) is -7.56. The van der Waals surface area contributed by atoms with Crippen molar-refractivity contribution >= 4 is 10.1 Å². The molecule has 0 saturated carbocycles. The van der Waals surface area contributed by atoms with Gasteiger partial charge in [-0.25, -0.2) is 0 Å². The van der Waals surface area contributed by atoms with Gasteiger partial charge in [-0.2, -0.15) is 39.2 Å². The highest BCUT2D eigenvalue weighted by atomic mass is 32.2. The molecule has 0 saturated heterocycles. The Kier molecular flexibility index (Phi) is 4.08. The molecule has 110 valence electrons. The van der Waals surface area contributed by atoms with E-state index < -0.39 is 39.3 Å². The lowest BCUT2D eigenvalue weighted by molar-refractivity contribution is -0.254. The molecule has 0 bridgehead atoms. The predicted octanol–water partition coefficient (Wildman–Crippen LogP) is 3.08. The van der Waals surface area contributed by atoms with E-state index in [4.69, 9.17) is 4.55 Å². The zero-order chi connectivity index (χ0) is 15.2. The molecule has 0 aliphatic carbocycles. The highest BCUT2D eigenvalue weighted by molar-refractivity contribution is 7.87. The fraction of sp³-hybridized carbons (Fsp3) is 1.00. The summed E-state index contributed by atoms with van der Waals surface area (Å²) in [4.78, 5) is 0. The third-order valence-corrected chi connectivity index (χ3v) is 3.09. The van der Waals surface area contributed by atoms with Crippen molar-refractivity contribution in [3.63, 3.8) is 0 Å². The number of halogens is 7. The van der Waals surface area contributed by atoms with Gasteiger partial charge in [-0.05, 0) is 0 Å². The largest absolute Gasteiger partial charge is 0.431 e. The highest BCUT2D eigenvalue weighted by Crippen LogP contribution is 2.53. The van der Waals surface area contributed by atoms with Crippen LogP contribution in [0.15, 0.2) is 0 Å². The zero-order valence-electron chi connectivity index (χ0n) is 9.02. The second kappa shape index (κ2) is 4.22. The first-order chi connectivity index (χ1) is 7.46. The van der Waals surface area contributed by atoms with Crippen molar-refractivity contribution in [3.8, 4) is 0 Å². The molecule has 0 radical (unpaired) electrons. The Morgan fingerprint density at radius 1 is 0.944 bits per heavy atom. The Labute approximate surface area is 97.7 Å². The normalized spacial score (nSPS) is 15.9. The van der Waals surface area contributed by atoms with E-state index in [-0.39, 0.29) is 13.8 Å². The summed E-state index contributed by atoms with van der Waals surface area (Å²) in [7, 11) is -6.55. The van der Waals surface area contributed by atoms with E-state index >= 15 is 0 Å². The molecule has 3 nitrogen and oxygen atoms in total. The molecule has 0 aromatic carbocycles. The maximum atomic E-state index is 13.2. The first-order valence-electron chi connectivity index (χ1n) is 4.25. The number of hydrogen-bond donors (Lipinski definition) is 1. The molecule has 0 aliphatic rings. The molecule has 0 spiro atoms. The average molecular weight is 306 g/mol. The van der Waals surface area contributed by atoms with Crippen LogP contribution in [0.3, 0.4) is 0 Å². The smallest absolute Gasteiger partial charge is 0.281 e. The molecule has 0 unspecified atom stereocenters. The summed E-state index contributed by atoms with van der Waals surface area (Å²) in [6, 6.07) is 0. The van der Waals surface area contributed by atoms with Gasteiger partial charge in [0.1, 0.15) is 0 Å². The lowest BCUT2D eigenvalue weighted by Gasteiger charge is -2.37. The third kappa shape index (κ3) is 3.05. The highest BCUT2D eigenvalue weighted by Gasteiger charge is 2.72. The molecule has 11 heteroatoms. The molecule has 0 atom stereocenters. The van der Waals surface area contributed by atoms with Crippen molar-refractivity contribution in [1.82, 2.24) is 0 Å². The van der Waals surface area contributed by atoms with Crippen LogP contribution in [-0.4, -0.2) is 30.3 Å². The fourth-order valence-electron chi connectivity index (χ4n) is 1.17. The number of alkyl halides is 7. The van der Waals surface area contributed by atoms with Crippen LogP contribution in [0.5, 0.6) is 0 Å². The van der Waals surface area contributed by atoms with Crippen LogP contribution in [0.1, 0.15) is 20.3 Å². The quantitative estimate of drug-likeness (QED) is 0.641. The van der Waals surface area contributed by atoms with Gasteiger partial charge in [0, 0.05) is 5.41 Å². The lowest BCUT2D eigenvalue weighted by atomic mass is 9.82. The minimum atomic E-state index is -6.55. The molecule has 0 aliphatic heterocycles. The van der Waals surface area contributed by atoms with Crippen LogP contribution in [0.4, 0.5) is 30.7 Å². The summed E-state index contributed by atoms with van der Waals surface area (Å²) in [5.74, 6) is -5.61. The standard InChI is InChI=1S/C7H9F7O3S/c1-4(2,3-5(8,9)10)6(11,12)7(13,14)18(15,16)17/h3H2,1-2H3,(H,15,16,17). The SMILES string of the molecule is CC(C)(CC(F)(F)F)C(F)(F)C(F)(F)S(=O)(=O)O. The van der Waals surface area contributed by atoms with E-state index in [9.17, 15) is 39.2 Å². The fourth-order valence-corrected chi connectivity index (χ4v) is 1.77. The van der Waals surface area contributed by atoms with Gasteiger partial charge in [0.15, 0.2) is 0 Å². The van der Waals surface area contributed by atoms with Crippen molar-refractivity contribution in [3.05, 3.63) is 0 Å². The van der Waals surface area contributed by atoms with Gasteiger partial charge in [0.05, 0.1) is 6.42 Å². The Morgan fingerprint density at radius 3 is 1.50 bits per heavy atom. The van der Waals surface area contributed by atoms with Crippen LogP contribution >= 0.6 is 0 Å². The van der Waals surface area contributed by atoms with Gasteiger partial charge in [-0.1, -0.05) is 13.8 Å². The van der Waals surface area contributed by atoms with Gasteiger partial charge in [-0.15, -0.1) is 0 Å². The molecule has 1 N–H and O–H groups in total. The van der Waals surface area contributed by atoms with Gasteiger partial charge >= 0.3 is 27.5 Å². The summed E-state index contributed by atoms with van der Waals surface area (Å²) in [5, 5.41) is -6.02. The average Bonchev–Trinajstić information content (AvgIpc) is 1.95. The lowest BCUT2D eigenvalue weighted by Crippen LogP contribution is -2.56. The Morgan fingerprint density at radius 2 is 1.28 bits per heavy atom. The molecule has 0 heterocycles. The van der Waals surface area contributed by atoms with Crippen LogP contribution in [0, 0.1) is 5.41 Å². The molecular formula is C7H9F7O3S. The van der Waals surface area contributed by atoms with Gasteiger partial charge < -0.3 is 0 Å². The molecule has 0 aromatic heterocycles. The predicted molar refractivity (Wildman–Crippen MR) is 45.9 cm³/mol. The van der Waals surface area contributed by atoms with E-state index in [0.29, 0.717) is 0 Å². The van der Waals surface area contributed by atoms with Crippen LogP contribution in [-0.2, 0) is 10.1 Å². The zero-order valence-corrected chi connectivity index (χ0v) is 9.84. The monoisotopic (exact) mass is 306 g/mol. The molecule has 0 amide bonds. The maximum Gasteiger partial charge on any atom is 0.431 e.